The van der Waals surface area contributed by atoms with E-state index in [1.165, 1.54) is 13.1 Å². The summed E-state index contributed by atoms with van der Waals surface area (Å²) in [6, 6.07) is 8.09. The molecular weight excluding hydrogens is 226 g/mol. The number of hydrogen-bond acceptors (Lipinski definition) is 4. The number of aryl methyl sites for hydroxylation is 1. The summed E-state index contributed by atoms with van der Waals surface area (Å²) in [5.41, 5.74) is 2.00. The van der Waals surface area contributed by atoms with E-state index in [9.17, 15) is 0 Å². The summed E-state index contributed by atoms with van der Waals surface area (Å²) < 4.78 is 5.32. The molecule has 0 unspecified atom stereocenters. The third kappa shape index (κ3) is 2.54. The van der Waals surface area contributed by atoms with Crippen LogP contribution in [0, 0.1) is 0 Å². The molecule has 0 saturated carbocycles. The molecule has 2 heterocycles. The van der Waals surface area contributed by atoms with Gasteiger partial charge in [0.05, 0.1) is 5.69 Å². The molecule has 1 fully saturated rings. The Morgan fingerprint density at radius 3 is 2.94 bits per heavy atom. The summed E-state index contributed by atoms with van der Waals surface area (Å²) in [4.78, 5) is 2.51. The van der Waals surface area contributed by atoms with E-state index >= 15 is 0 Å². The molecule has 0 atom stereocenters. The minimum Gasteiger partial charge on any atom is -0.356 e. The lowest BCUT2D eigenvalue weighted by Gasteiger charge is -2.26. The van der Waals surface area contributed by atoms with Gasteiger partial charge in [0.25, 0.3) is 0 Å². The summed E-state index contributed by atoms with van der Waals surface area (Å²) >= 11 is 0. The number of benzene rings is 1. The summed E-state index contributed by atoms with van der Waals surface area (Å²) in [5, 5.41) is 8.71. The normalized spacial score (nSPS) is 17.3. The smallest absolute Gasteiger partial charge is 0.167 e. The van der Waals surface area contributed by atoms with Crippen molar-refractivity contribution in [2.24, 2.45) is 0 Å². The predicted octanol–water partition coefficient (Wildman–Crippen LogP) is 1.67. The maximum Gasteiger partial charge on any atom is 0.167 e. The molecule has 1 saturated heterocycles. The van der Waals surface area contributed by atoms with Gasteiger partial charge in [-0.05, 0) is 31.5 Å². The Morgan fingerprint density at radius 2 is 2.06 bits per heavy atom. The van der Waals surface area contributed by atoms with Crippen LogP contribution in [0.1, 0.15) is 12.1 Å². The first kappa shape index (κ1) is 11.7. The van der Waals surface area contributed by atoms with Crippen molar-refractivity contribution in [2.75, 3.05) is 32.7 Å². The van der Waals surface area contributed by atoms with Crippen molar-refractivity contribution in [3.63, 3.8) is 0 Å². The van der Waals surface area contributed by atoms with Crippen LogP contribution in [-0.2, 0) is 6.42 Å². The SMILES string of the molecule is c1ccc2c(CCCN3CCNCC3)noc2c1. The molecule has 3 rings (SSSR count). The van der Waals surface area contributed by atoms with E-state index in [-0.39, 0.29) is 0 Å². The number of hydrogen-bond donors (Lipinski definition) is 1. The molecule has 96 valence electrons. The van der Waals surface area contributed by atoms with Crippen LogP contribution in [0.3, 0.4) is 0 Å². The summed E-state index contributed by atoms with van der Waals surface area (Å²) in [6.07, 6.45) is 2.15. The highest BCUT2D eigenvalue weighted by Gasteiger charge is 2.10. The van der Waals surface area contributed by atoms with E-state index < -0.39 is 0 Å². The predicted molar refractivity (Wildman–Crippen MR) is 71.6 cm³/mol. The van der Waals surface area contributed by atoms with Gasteiger partial charge in [-0.1, -0.05) is 17.3 Å². The monoisotopic (exact) mass is 245 g/mol. The molecule has 1 N–H and O–H groups in total. The van der Waals surface area contributed by atoms with Gasteiger partial charge in [0.1, 0.15) is 0 Å². The van der Waals surface area contributed by atoms with Crippen molar-refractivity contribution >= 4 is 11.0 Å². The number of nitrogens with zero attached hydrogens (tertiary/aromatic N) is 2. The molecule has 18 heavy (non-hydrogen) atoms. The van der Waals surface area contributed by atoms with Gasteiger partial charge in [-0.3, -0.25) is 0 Å². The van der Waals surface area contributed by atoms with Gasteiger partial charge in [-0.2, -0.15) is 0 Å². The lowest BCUT2D eigenvalue weighted by atomic mass is 10.1. The van der Waals surface area contributed by atoms with Gasteiger partial charge >= 0.3 is 0 Å². The standard InChI is InChI=1S/C14H19N3O/c1-2-6-14-12(4-1)13(16-18-14)5-3-9-17-10-7-15-8-11-17/h1-2,4,6,15H,3,5,7-11H2. The van der Waals surface area contributed by atoms with E-state index in [0.29, 0.717) is 0 Å². The zero-order valence-electron chi connectivity index (χ0n) is 10.6. The third-order valence-corrected chi connectivity index (χ3v) is 3.55. The van der Waals surface area contributed by atoms with Gasteiger partial charge in [-0.25, -0.2) is 0 Å². The van der Waals surface area contributed by atoms with Crippen LogP contribution in [-0.4, -0.2) is 42.8 Å². The van der Waals surface area contributed by atoms with E-state index in [0.717, 1.165) is 49.1 Å². The van der Waals surface area contributed by atoms with Crippen molar-refractivity contribution in [2.45, 2.75) is 12.8 Å². The zero-order chi connectivity index (χ0) is 12.2. The van der Waals surface area contributed by atoms with E-state index in [1.807, 2.05) is 18.2 Å². The van der Waals surface area contributed by atoms with Gasteiger partial charge in [0, 0.05) is 31.6 Å². The molecule has 1 aliphatic heterocycles. The number of aromatic nitrogens is 1. The lowest BCUT2D eigenvalue weighted by Crippen LogP contribution is -2.43. The molecule has 1 aliphatic rings. The van der Waals surface area contributed by atoms with E-state index in [2.05, 4.69) is 21.4 Å². The minimum absolute atomic E-state index is 0.898. The highest BCUT2D eigenvalue weighted by atomic mass is 16.5. The maximum absolute atomic E-state index is 5.32. The summed E-state index contributed by atoms with van der Waals surface area (Å²) in [6.45, 7) is 5.72. The van der Waals surface area contributed by atoms with Crippen LogP contribution < -0.4 is 5.32 Å². The van der Waals surface area contributed by atoms with Crippen LogP contribution in [0.15, 0.2) is 28.8 Å². The largest absolute Gasteiger partial charge is 0.356 e. The maximum atomic E-state index is 5.32. The molecule has 2 aromatic rings. The van der Waals surface area contributed by atoms with Gasteiger partial charge in [0.15, 0.2) is 5.58 Å². The Labute approximate surface area is 107 Å². The lowest BCUT2D eigenvalue weighted by molar-refractivity contribution is 0.238. The van der Waals surface area contributed by atoms with E-state index in [4.69, 9.17) is 4.52 Å². The highest BCUT2D eigenvalue weighted by Crippen LogP contribution is 2.18. The molecule has 0 bridgehead atoms. The fourth-order valence-electron chi connectivity index (χ4n) is 2.52. The first-order valence-corrected chi connectivity index (χ1v) is 6.70. The molecule has 0 radical (unpaired) electrons. The second-order valence-electron chi connectivity index (χ2n) is 4.82. The number of para-hydroxylation sites is 1. The Hall–Kier alpha value is -1.39. The third-order valence-electron chi connectivity index (χ3n) is 3.55. The first-order valence-electron chi connectivity index (χ1n) is 6.70. The van der Waals surface area contributed by atoms with Crippen molar-refractivity contribution in [3.05, 3.63) is 30.0 Å². The quantitative estimate of drug-likeness (QED) is 0.889. The molecule has 0 spiro atoms. The topological polar surface area (TPSA) is 41.3 Å². The highest BCUT2D eigenvalue weighted by molar-refractivity contribution is 5.79. The van der Waals surface area contributed by atoms with E-state index in [1.54, 1.807) is 0 Å². The number of fused-ring (bicyclic) bond motifs is 1. The number of piperazine rings is 1. The van der Waals surface area contributed by atoms with Crippen LogP contribution in [0.2, 0.25) is 0 Å². The van der Waals surface area contributed by atoms with Gasteiger partial charge in [-0.15, -0.1) is 0 Å². The zero-order valence-corrected chi connectivity index (χ0v) is 10.6. The Morgan fingerprint density at radius 1 is 1.22 bits per heavy atom. The van der Waals surface area contributed by atoms with Gasteiger partial charge < -0.3 is 14.7 Å². The van der Waals surface area contributed by atoms with Crippen LogP contribution in [0.4, 0.5) is 0 Å². The number of nitrogens with one attached hydrogen (secondary N) is 1. The fraction of sp³-hybridized carbons (Fsp3) is 0.500. The fourth-order valence-corrected chi connectivity index (χ4v) is 2.52. The van der Waals surface area contributed by atoms with Gasteiger partial charge in [0.2, 0.25) is 0 Å². The molecule has 0 amide bonds. The summed E-state index contributed by atoms with van der Waals surface area (Å²) in [7, 11) is 0. The average Bonchev–Trinajstić information content (AvgIpc) is 2.84. The van der Waals surface area contributed by atoms with Crippen molar-refractivity contribution in [3.8, 4) is 0 Å². The molecule has 4 nitrogen and oxygen atoms in total. The van der Waals surface area contributed by atoms with Crippen molar-refractivity contribution in [1.82, 2.24) is 15.4 Å². The number of rotatable bonds is 4. The second kappa shape index (κ2) is 5.50. The molecule has 0 aliphatic carbocycles. The molecule has 4 heteroatoms. The summed E-state index contributed by atoms with van der Waals surface area (Å²) in [5.74, 6) is 0. The minimum atomic E-state index is 0.898. The average molecular weight is 245 g/mol. The first-order chi connectivity index (χ1) is 8.93. The molecule has 1 aromatic carbocycles. The van der Waals surface area contributed by atoms with Crippen LogP contribution >= 0.6 is 0 Å². The molecule has 1 aromatic heterocycles. The molecular formula is C14H19N3O. The Bertz CT molecular complexity index is 502. The van der Waals surface area contributed by atoms with Crippen LogP contribution in [0.5, 0.6) is 0 Å². The second-order valence-corrected chi connectivity index (χ2v) is 4.82. The Balaban J connectivity index is 1.56. The Kier molecular flexibility index (Phi) is 3.57. The van der Waals surface area contributed by atoms with Crippen LogP contribution in [0.25, 0.3) is 11.0 Å². The van der Waals surface area contributed by atoms with Crippen molar-refractivity contribution in [1.29, 1.82) is 0 Å². The van der Waals surface area contributed by atoms with Crippen molar-refractivity contribution < 1.29 is 4.52 Å².